The Morgan fingerprint density at radius 3 is 2.72 bits per heavy atom. The van der Waals surface area contributed by atoms with Crippen LogP contribution in [0.3, 0.4) is 0 Å². The van der Waals surface area contributed by atoms with E-state index in [4.69, 9.17) is 10.5 Å². The zero-order chi connectivity index (χ0) is 13.7. The summed E-state index contributed by atoms with van der Waals surface area (Å²) in [7, 11) is 1.53. The maximum atomic E-state index is 12.1. The maximum absolute atomic E-state index is 12.1. The molecule has 18 heavy (non-hydrogen) atoms. The average Bonchev–Trinajstić information content (AvgIpc) is 2.31. The third kappa shape index (κ3) is 3.73. The van der Waals surface area contributed by atoms with E-state index >= 15 is 0 Å². The van der Waals surface area contributed by atoms with E-state index in [1.54, 1.807) is 25.1 Å². The number of halogens is 1. The molecule has 2 N–H and O–H groups in total. The molecule has 0 saturated carbocycles. The fourth-order valence-corrected chi connectivity index (χ4v) is 1.75. The SMILES string of the molecule is CCOC(=O)CN(C)C(=O)c1cc(Br)ccc1N. The van der Waals surface area contributed by atoms with Gasteiger partial charge < -0.3 is 15.4 Å². The second-order valence-electron chi connectivity index (χ2n) is 3.70. The molecule has 1 aromatic carbocycles. The highest BCUT2D eigenvalue weighted by atomic mass is 79.9. The summed E-state index contributed by atoms with van der Waals surface area (Å²) in [5.41, 5.74) is 6.46. The topological polar surface area (TPSA) is 72.6 Å². The molecule has 0 saturated heterocycles. The van der Waals surface area contributed by atoms with E-state index in [0.717, 1.165) is 4.47 Å². The van der Waals surface area contributed by atoms with E-state index < -0.39 is 5.97 Å². The van der Waals surface area contributed by atoms with Crippen molar-refractivity contribution in [3.05, 3.63) is 28.2 Å². The van der Waals surface area contributed by atoms with E-state index in [1.807, 2.05) is 0 Å². The number of hydrogen-bond donors (Lipinski definition) is 1. The Kier molecular flexibility index (Phi) is 5.15. The number of nitrogens with zero attached hydrogens (tertiary/aromatic N) is 1. The predicted molar refractivity (Wildman–Crippen MR) is 72.1 cm³/mol. The lowest BCUT2D eigenvalue weighted by Crippen LogP contribution is -2.33. The van der Waals surface area contributed by atoms with Gasteiger partial charge in [-0.05, 0) is 25.1 Å². The van der Waals surface area contributed by atoms with Gasteiger partial charge in [0.15, 0.2) is 0 Å². The highest BCUT2D eigenvalue weighted by Gasteiger charge is 2.17. The monoisotopic (exact) mass is 314 g/mol. The van der Waals surface area contributed by atoms with Crippen LogP contribution in [0.15, 0.2) is 22.7 Å². The molecule has 5 nitrogen and oxygen atoms in total. The van der Waals surface area contributed by atoms with Crippen molar-refractivity contribution in [3.63, 3.8) is 0 Å². The predicted octanol–water partition coefficient (Wildman–Crippen LogP) is 1.67. The summed E-state index contributed by atoms with van der Waals surface area (Å²) in [5.74, 6) is -0.760. The number of amides is 1. The van der Waals surface area contributed by atoms with Crippen molar-refractivity contribution in [2.45, 2.75) is 6.92 Å². The van der Waals surface area contributed by atoms with Crippen LogP contribution in [0.2, 0.25) is 0 Å². The van der Waals surface area contributed by atoms with E-state index in [0.29, 0.717) is 17.9 Å². The lowest BCUT2D eigenvalue weighted by molar-refractivity contribution is -0.143. The minimum absolute atomic E-state index is 0.0986. The number of esters is 1. The standard InChI is InChI=1S/C12H15BrN2O3/c1-3-18-11(16)7-15(2)12(17)9-6-8(13)4-5-10(9)14/h4-6H,3,7,14H2,1-2H3. The lowest BCUT2D eigenvalue weighted by Gasteiger charge is -2.17. The molecule has 0 aromatic heterocycles. The molecule has 1 aromatic rings. The number of nitrogens with two attached hydrogens (primary N) is 1. The van der Waals surface area contributed by atoms with Crippen LogP contribution in [0.1, 0.15) is 17.3 Å². The molecule has 0 unspecified atom stereocenters. The van der Waals surface area contributed by atoms with Crippen LogP contribution < -0.4 is 5.73 Å². The van der Waals surface area contributed by atoms with Gasteiger partial charge in [-0.2, -0.15) is 0 Å². The number of rotatable bonds is 4. The minimum Gasteiger partial charge on any atom is -0.465 e. The first-order valence-corrected chi connectivity index (χ1v) is 6.21. The van der Waals surface area contributed by atoms with Gasteiger partial charge in [-0.15, -0.1) is 0 Å². The largest absolute Gasteiger partial charge is 0.465 e. The molecule has 0 radical (unpaired) electrons. The zero-order valence-corrected chi connectivity index (χ0v) is 11.9. The molecule has 0 heterocycles. The molecule has 1 rings (SSSR count). The number of nitrogen functional groups attached to an aromatic ring is 1. The second kappa shape index (κ2) is 6.39. The van der Waals surface area contributed by atoms with Crippen LogP contribution in [-0.2, 0) is 9.53 Å². The highest BCUT2D eigenvalue weighted by Crippen LogP contribution is 2.19. The number of ether oxygens (including phenoxy) is 1. The first kappa shape index (κ1) is 14.5. The molecule has 1 amide bonds. The Morgan fingerprint density at radius 2 is 2.11 bits per heavy atom. The fraction of sp³-hybridized carbons (Fsp3) is 0.333. The molecule has 98 valence electrons. The molecular weight excluding hydrogens is 300 g/mol. The fourth-order valence-electron chi connectivity index (χ4n) is 1.39. The second-order valence-corrected chi connectivity index (χ2v) is 4.61. The summed E-state index contributed by atoms with van der Waals surface area (Å²) >= 11 is 3.27. The number of carbonyl (C=O) groups is 2. The van der Waals surface area contributed by atoms with Crippen LogP contribution in [0.4, 0.5) is 5.69 Å². The number of anilines is 1. The summed E-state index contributed by atoms with van der Waals surface area (Å²) in [5, 5.41) is 0. The molecule has 0 spiro atoms. The Morgan fingerprint density at radius 1 is 1.44 bits per heavy atom. The number of hydrogen-bond acceptors (Lipinski definition) is 4. The van der Waals surface area contributed by atoms with Crippen molar-refractivity contribution in [1.82, 2.24) is 4.90 Å². The van der Waals surface area contributed by atoms with Crippen molar-refractivity contribution in [3.8, 4) is 0 Å². The van der Waals surface area contributed by atoms with Gasteiger partial charge >= 0.3 is 5.97 Å². The van der Waals surface area contributed by atoms with Gasteiger partial charge in [0.2, 0.25) is 0 Å². The summed E-state index contributed by atoms with van der Waals surface area (Å²) in [6, 6.07) is 5.01. The lowest BCUT2D eigenvalue weighted by atomic mass is 10.1. The van der Waals surface area contributed by atoms with Crippen molar-refractivity contribution < 1.29 is 14.3 Å². The van der Waals surface area contributed by atoms with Gasteiger partial charge in [0, 0.05) is 17.2 Å². The Labute approximate surface area is 114 Å². The third-order valence-electron chi connectivity index (χ3n) is 2.26. The van der Waals surface area contributed by atoms with Crippen molar-refractivity contribution in [1.29, 1.82) is 0 Å². The quantitative estimate of drug-likeness (QED) is 0.677. The van der Waals surface area contributed by atoms with Gasteiger partial charge in [-0.1, -0.05) is 15.9 Å². The summed E-state index contributed by atoms with van der Waals surface area (Å²) < 4.78 is 5.53. The van der Waals surface area contributed by atoms with Crippen molar-refractivity contribution >= 4 is 33.5 Å². The summed E-state index contributed by atoms with van der Waals surface area (Å²) in [6.45, 7) is 1.91. The van der Waals surface area contributed by atoms with E-state index in [2.05, 4.69) is 15.9 Å². The average molecular weight is 315 g/mol. The van der Waals surface area contributed by atoms with Crippen molar-refractivity contribution in [2.75, 3.05) is 25.9 Å². The van der Waals surface area contributed by atoms with E-state index in [9.17, 15) is 9.59 Å². The molecule has 0 aliphatic carbocycles. The summed E-state index contributed by atoms with van der Waals surface area (Å²) in [6.07, 6.45) is 0. The molecule has 0 bridgehead atoms. The van der Waals surface area contributed by atoms with Crippen LogP contribution in [0, 0.1) is 0 Å². The molecule has 0 atom stereocenters. The normalized spacial score (nSPS) is 9.94. The number of carbonyl (C=O) groups excluding carboxylic acids is 2. The van der Waals surface area contributed by atoms with Crippen LogP contribution in [0.25, 0.3) is 0 Å². The molecule has 0 aliphatic heterocycles. The van der Waals surface area contributed by atoms with Gasteiger partial charge in [-0.3, -0.25) is 9.59 Å². The summed E-state index contributed by atoms with van der Waals surface area (Å²) in [4.78, 5) is 24.6. The molecule has 0 aliphatic rings. The van der Waals surface area contributed by atoms with Crippen molar-refractivity contribution in [2.24, 2.45) is 0 Å². The molecular formula is C12H15BrN2O3. The Hall–Kier alpha value is -1.56. The third-order valence-corrected chi connectivity index (χ3v) is 2.76. The Balaban J connectivity index is 2.80. The van der Waals surface area contributed by atoms with Gasteiger partial charge in [0.25, 0.3) is 5.91 Å². The van der Waals surface area contributed by atoms with E-state index in [1.165, 1.54) is 11.9 Å². The van der Waals surface area contributed by atoms with Gasteiger partial charge in [0.1, 0.15) is 6.54 Å². The van der Waals surface area contributed by atoms with Crippen LogP contribution in [-0.4, -0.2) is 37.0 Å². The first-order valence-electron chi connectivity index (χ1n) is 5.41. The number of likely N-dealkylation sites (N-methyl/N-ethyl adjacent to an activating group) is 1. The van der Waals surface area contributed by atoms with Crippen LogP contribution >= 0.6 is 15.9 Å². The maximum Gasteiger partial charge on any atom is 0.325 e. The zero-order valence-electron chi connectivity index (χ0n) is 10.3. The van der Waals surface area contributed by atoms with E-state index in [-0.39, 0.29) is 12.5 Å². The smallest absolute Gasteiger partial charge is 0.325 e. The first-order chi connectivity index (χ1) is 8.45. The van der Waals surface area contributed by atoms with Gasteiger partial charge in [-0.25, -0.2) is 0 Å². The van der Waals surface area contributed by atoms with Crippen LogP contribution in [0.5, 0.6) is 0 Å². The van der Waals surface area contributed by atoms with Gasteiger partial charge in [0.05, 0.1) is 12.2 Å². The highest BCUT2D eigenvalue weighted by molar-refractivity contribution is 9.10. The molecule has 6 heteroatoms. The molecule has 0 fully saturated rings. The number of benzene rings is 1. The Bertz CT molecular complexity index is 463. The minimum atomic E-state index is -0.443.